The standard InChI is InChI=1S/C22H24N2O4/c1-3-5-14-24-19(17-8-6-7-13-23-17)18(21(26)22(24)27)20(25)15-9-11-16(12-10-15)28-4-2/h6-13,19,25H,3-5,14H2,1-2H3/b20-18-. The molecule has 2 heterocycles. The number of nitrogens with zero attached hydrogens (tertiary/aromatic N) is 2. The van der Waals surface area contributed by atoms with Crippen molar-refractivity contribution in [3.63, 3.8) is 0 Å². The predicted molar refractivity (Wildman–Crippen MR) is 106 cm³/mol. The lowest BCUT2D eigenvalue weighted by Gasteiger charge is -2.24. The molecular formula is C22H24N2O4. The van der Waals surface area contributed by atoms with E-state index in [1.54, 1.807) is 48.7 Å². The van der Waals surface area contributed by atoms with Gasteiger partial charge in [0, 0.05) is 18.3 Å². The highest BCUT2D eigenvalue weighted by Crippen LogP contribution is 2.38. The molecule has 1 atom stereocenters. The number of carbonyl (C=O) groups excluding carboxylic acids is 2. The number of aliphatic hydroxyl groups is 1. The number of unbranched alkanes of at least 4 members (excludes halogenated alkanes) is 1. The average Bonchev–Trinajstić information content (AvgIpc) is 2.98. The third kappa shape index (κ3) is 3.76. The molecule has 3 rings (SSSR count). The Bertz CT molecular complexity index is 875. The van der Waals surface area contributed by atoms with Gasteiger partial charge in [0.25, 0.3) is 11.7 Å². The van der Waals surface area contributed by atoms with E-state index in [9.17, 15) is 14.7 Å². The van der Waals surface area contributed by atoms with Crippen LogP contribution in [0.1, 0.15) is 44.0 Å². The van der Waals surface area contributed by atoms with E-state index in [-0.39, 0.29) is 11.3 Å². The first kappa shape index (κ1) is 19.6. The van der Waals surface area contributed by atoms with Gasteiger partial charge in [-0.25, -0.2) is 0 Å². The number of Topliss-reactive ketones (excluding diaryl/α,β-unsaturated/α-hetero) is 1. The monoisotopic (exact) mass is 380 g/mol. The number of amides is 1. The number of hydrogen-bond acceptors (Lipinski definition) is 5. The van der Waals surface area contributed by atoms with Crippen molar-refractivity contribution in [3.05, 3.63) is 65.5 Å². The van der Waals surface area contributed by atoms with Gasteiger partial charge in [-0.15, -0.1) is 0 Å². The fourth-order valence-corrected chi connectivity index (χ4v) is 3.32. The van der Waals surface area contributed by atoms with Gasteiger partial charge in [-0.3, -0.25) is 14.6 Å². The lowest BCUT2D eigenvalue weighted by molar-refractivity contribution is -0.140. The summed E-state index contributed by atoms with van der Waals surface area (Å²) in [6.45, 7) is 4.88. The fourth-order valence-electron chi connectivity index (χ4n) is 3.32. The maximum atomic E-state index is 12.8. The Hall–Kier alpha value is -3.15. The molecule has 1 amide bonds. The second-order valence-electron chi connectivity index (χ2n) is 6.56. The summed E-state index contributed by atoms with van der Waals surface area (Å²) in [5.74, 6) is -0.811. The maximum Gasteiger partial charge on any atom is 0.295 e. The van der Waals surface area contributed by atoms with E-state index in [0.717, 1.165) is 12.8 Å². The van der Waals surface area contributed by atoms with E-state index < -0.39 is 17.7 Å². The summed E-state index contributed by atoms with van der Waals surface area (Å²) in [6.07, 6.45) is 3.27. The first-order valence-corrected chi connectivity index (χ1v) is 9.51. The molecule has 1 aromatic carbocycles. The van der Waals surface area contributed by atoms with Crippen LogP contribution in [-0.4, -0.2) is 39.8 Å². The predicted octanol–water partition coefficient (Wildman–Crippen LogP) is 3.70. The van der Waals surface area contributed by atoms with Crippen LogP contribution in [-0.2, 0) is 9.59 Å². The van der Waals surface area contributed by atoms with Crippen LogP contribution in [0.2, 0.25) is 0 Å². The number of likely N-dealkylation sites (tertiary alicyclic amines) is 1. The second-order valence-corrected chi connectivity index (χ2v) is 6.56. The van der Waals surface area contributed by atoms with E-state index in [4.69, 9.17) is 4.74 Å². The summed E-state index contributed by atoms with van der Waals surface area (Å²) in [5, 5.41) is 10.9. The molecule has 6 heteroatoms. The van der Waals surface area contributed by atoms with Crippen molar-refractivity contribution in [2.45, 2.75) is 32.7 Å². The summed E-state index contributed by atoms with van der Waals surface area (Å²) >= 11 is 0. The molecule has 0 radical (unpaired) electrons. The van der Waals surface area contributed by atoms with Crippen molar-refractivity contribution in [1.82, 2.24) is 9.88 Å². The van der Waals surface area contributed by atoms with Crippen molar-refractivity contribution < 1.29 is 19.4 Å². The number of hydrogen-bond donors (Lipinski definition) is 1. The minimum absolute atomic E-state index is 0.0731. The van der Waals surface area contributed by atoms with Gasteiger partial charge in [-0.05, 0) is 49.7 Å². The zero-order valence-electron chi connectivity index (χ0n) is 16.1. The normalized spacial score (nSPS) is 18.5. The Labute approximate surface area is 164 Å². The number of pyridine rings is 1. The largest absolute Gasteiger partial charge is 0.507 e. The number of ether oxygens (including phenoxy) is 1. The summed E-state index contributed by atoms with van der Waals surface area (Å²) < 4.78 is 5.42. The third-order valence-corrected chi connectivity index (χ3v) is 4.70. The first-order valence-electron chi connectivity index (χ1n) is 9.51. The van der Waals surface area contributed by atoms with E-state index in [1.165, 1.54) is 4.90 Å². The zero-order chi connectivity index (χ0) is 20.1. The molecule has 1 aliphatic rings. The molecule has 28 heavy (non-hydrogen) atoms. The summed E-state index contributed by atoms with van der Waals surface area (Å²) in [7, 11) is 0. The maximum absolute atomic E-state index is 12.8. The molecule has 146 valence electrons. The molecule has 1 saturated heterocycles. The Morgan fingerprint density at radius 3 is 2.50 bits per heavy atom. The number of carbonyl (C=O) groups is 2. The molecule has 0 spiro atoms. The summed E-state index contributed by atoms with van der Waals surface area (Å²) in [5.41, 5.74) is 1.09. The fraction of sp³-hybridized carbons (Fsp3) is 0.318. The van der Waals surface area contributed by atoms with Crippen LogP contribution in [0, 0.1) is 0 Å². The average molecular weight is 380 g/mol. The highest BCUT2D eigenvalue weighted by molar-refractivity contribution is 6.46. The zero-order valence-corrected chi connectivity index (χ0v) is 16.1. The van der Waals surface area contributed by atoms with Gasteiger partial charge in [0.1, 0.15) is 17.6 Å². The molecule has 0 bridgehead atoms. The van der Waals surface area contributed by atoms with E-state index in [2.05, 4.69) is 4.98 Å². The molecule has 1 unspecified atom stereocenters. The Kier molecular flexibility index (Phi) is 6.09. The van der Waals surface area contributed by atoms with E-state index in [0.29, 0.717) is 30.2 Å². The molecule has 1 N–H and O–H groups in total. The van der Waals surface area contributed by atoms with Gasteiger partial charge in [-0.1, -0.05) is 19.4 Å². The number of aliphatic hydroxyl groups excluding tert-OH is 1. The molecule has 0 saturated carbocycles. The molecule has 1 fully saturated rings. The van der Waals surface area contributed by atoms with Crippen molar-refractivity contribution >= 4 is 17.4 Å². The Balaban J connectivity index is 2.08. The number of benzene rings is 1. The molecule has 1 aromatic heterocycles. The molecule has 1 aliphatic heterocycles. The molecule has 2 aromatic rings. The lowest BCUT2D eigenvalue weighted by atomic mass is 9.98. The van der Waals surface area contributed by atoms with Crippen LogP contribution in [0.5, 0.6) is 5.75 Å². The van der Waals surface area contributed by atoms with Crippen LogP contribution in [0.3, 0.4) is 0 Å². The highest BCUT2D eigenvalue weighted by atomic mass is 16.5. The van der Waals surface area contributed by atoms with Crippen molar-refractivity contribution in [2.75, 3.05) is 13.2 Å². The van der Waals surface area contributed by atoms with Crippen molar-refractivity contribution in [2.24, 2.45) is 0 Å². The van der Waals surface area contributed by atoms with Gasteiger partial charge in [0.05, 0.1) is 17.9 Å². The smallest absolute Gasteiger partial charge is 0.295 e. The van der Waals surface area contributed by atoms with Crippen LogP contribution in [0.4, 0.5) is 0 Å². The van der Waals surface area contributed by atoms with Crippen LogP contribution in [0.15, 0.2) is 54.2 Å². The van der Waals surface area contributed by atoms with Gasteiger partial charge in [-0.2, -0.15) is 0 Å². The Morgan fingerprint density at radius 1 is 1.14 bits per heavy atom. The van der Waals surface area contributed by atoms with E-state index >= 15 is 0 Å². The lowest BCUT2D eigenvalue weighted by Crippen LogP contribution is -2.31. The topological polar surface area (TPSA) is 79.7 Å². The number of aromatic nitrogens is 1. The van der Waals surface area contributed by atoms with Crippen LogP contribution >= 0.6 is 0 Å². The van der Waals surface area contributed by atoms with E-state index in [1.807, 2.05) is 13.8 Å². The highest BCUT2D eigenvalue weighted by Gasteiger charge is 2.46. The Morgan fingerprint density at radius 2 is 1.89 bits per heavy atom. The van der Waals surface area contributed by atoms with Crippen molar-refractivity contribution in [3.8, 4) is 5.75 Å². The third-order valence-electron chi connectivity index (χ3n) is 4.70. The molecule has 0 aliphatic carbocycles. The summed E-state index contributed by atoms with van der Waals surface area (Å²) in [6, 6.07) is 11.4. The number of rotatable bonds is 7. The van der Waals surface area contributed by atoms with Gasteiger partial charge in [0.15, 0.2) is 0 Å². The molecule has 6 nitrogen and oxygen atoms in total. The number of ketones is 1. The summed E-state index contributed by atoms with van der Waals surface area (Å²) in [4.78, 5) is 31.3. The second kappa shape index (κ2) is 8.69. The van der Waals surface area contributed by atoms with Gasteiger partial charge in [0.2, 0.25) is 0 Å². The van der Waals surface area contributed by atoms with Crippen molar-refractivity contribution in [1.29, 1.82) is 0 Å². The van der Waals surface area contributed by atoms with Crippen LogP contribution < -0.4 is 4.74 Å². The van der Waals surface area contributed by atoms with Crippen LogP contribution in [0.25, 0.3) is 5.76 Å². The molecular weight excluding hydrogens is 356 g/mol. The quantitative estimate of drug-likeness (QED) is 0.450. The van der Waals surface area contributed by atoms with Gasteiger partial charge >= 0.3 is 0 Å². The minimum atomic E-state index is -0.695. The minimum Gasteiger partial charge on any atom is -0.507 e. The SMILES string of the molecule is CCCCN1C(=O)C(=O)/C(=C(\O)c2ccc(OCC)cc2)C1c1ccccn1. The first-order chi connectivity index (χ1) is 13.6. The van der Waals surface area contributed by atoms with Gasteiger partial charge < -0.3 is 14.7 Å².